The first-order chi connectivity index (χ1) is 14.8. The molecule has 150 valence electrons. The van der Waals surface area contributed by atoms with Gasteiger partial charge in [-0.3, -0.25) is 9.89 Å². The molecule has 1 aliphatic rings. The molecule has 0 bridgehead atoms. The number of hydrogen-bond acceptors (Lipinski definition) is 6. The van der Waals surface area contributed by atoms with Gasteiger partial charge in [0.1, 0.15) is 24.5 Å². The highest BCUT2D eigenvalue weighted by Crippen LogP contribution is 2.29. The van der Waals surface area contributed by atoms with Gasteiger partial charge in [0.05, 0.1) is 5.52 Å². The van der Waals surface area contributed by atoms with Crippen LogP contribution in [0.3, 0.4) is 0 Å². The van der Waals surface area contributed by atoms with Gasteiger partial charge in [-0.2, -0.15) is 5.10 Å². The summed E-state index contributed by atoms with van der Waals surface area (Å²) in [5.74, 6) is 1.55. The lowest BCUT2D eigenvalue weighted by Crippen LogP contribution is -2.43. The summed E-state index contributed by atoms with van der Waals surface area (Å²) < 4.78 is 0. The third kappa shape index (κ3) is 3.47. The molecule has 4 aromatic rings. The number of amides is 1. The Hall–Kier alpha value is -3.81. The predicted molar refractivity (Wildman–Crippen MR) is 114 cm³/mol. The summed E-state index contributed by atoms with van der Waals surface area (Å²) in [6.45, 7) is 1.26. The van der Waals surface area contributed by atoms with Crippen molar-refractivity contribution in [2.75, 3.05) is 11.4 Å². The first-order valence-electron chi connectivity index (χ1n) is 9.98. The first-order valence-corrected chi connectivity index (χ1v) is 9.98. The van der Waals surface area contributed by atoms with Crippen LogP contribution in [0.5, 0.6) is 0 Å². The van der Waals surface area contributed by atoms with E-state index in [-0.39, 0.29) is 11.9 Å². The van der Waals surface area contributed by atoms with E-state index in [9.17, 15) is 4.79 Å². The first kappa shape index (κ1) is 18.2. The molecule has 8 nitrogen and oxygen atoms in total. The second-order valence-electron chi connectivity index (χ2n) is 7.32. The Morgan fingerprint density at radius 2 is 2.03 bits per heavy atom. The van der Waals surface area contributed by atoms with E-state index in [1.165, 1.54) is 6.33 Å². The molecular formula is C22H21N7O. The number of fused-ring (bicyclic) bond motifs is 1. The molecule has 2 aromatic carbocycles. The number of carbonyl (C=O) groups is 1. The molecule has 1 amide bonds. The van der Waals surface area contributed by atoms with Crippen molar-refractivity contribution in [3.05, 3.63) is 66.7 Å². The Balaban J connectivity index is 1.32. The van der Waals surface area contributed by atoms with Crippen molar-refractivity contribution in [1.82, 2.24) is 30.5 Å². The highest BCUT2D eigenvalue weighted by Gasteiger charge is 2.32. The molecule has 2 N–H and O–H groups in total. The zero-order valence-corrected chi connectivity index (χ0v) is 16.3. The summed E-state index contributed by atoms with van der Waals surface area (Å²) in [5, 5.41) is 10.8. The molecule has 0 spiro atoms. The molecule has 0 unspecified atom stereocenters. The highest BCUT2D eigenvalue weighted by molar-refractivity contribution is 5.93. The van der Waals surface area contributed by atoms with Crippen LogP contribution in [-0.4, -0.2) is 43.6 Å². The quantitative estimate of drug-likeness (QED) is 0.535. The van der Waals surface area contributed by atoms with Gasteiger partial charge >= 0.3 is 0 Å². The van der Waals surface area contributed by atoms with Crippen molar-refractivity contribution in [3.8, 4) is 11.4 Å². The fraction of sp³-hybridized carbons (Fsp3) is 0.227. The fourth-order valence-corrected chi connectivity index (χ4v) is 3.99. The summed E-state index contributed by atoms with van der Waals surface area (Å²) in [7, 11) is 0. The van der Waals surface area contributed by atoms with Crippen molar-refractivity contribution >= 4 is 22.6 Å². The van der Waals surface area contributed by atoms with Gasteiger partial charge in [-0.15, -0.1) is 0 Å². The van der Waals surface area contributed by atoms with Crippen LogP contribution in [0, 0.1) is 0 Å². The molecule has 30 heavy (non-hydrogen) atoms. The molecule has 5 rings (SSSR count). The number of para-hydroxylation sites is 1. The van der Waals surface area contributed by atoms with E-state index in [0.717, 1.165) is 47.2 Å². The van der Waals surface area contributed by atoms with Crippen LogP contribution >= 0.6 is 0 Å². The smallest absolute Gasteiger partial charge is 0.243 e. The average molecular weight is 399 g/mol. The maximum Gasteiger partial charge on any atom is 0.243 e. The Labute approximate surface area is 173 Å². The second-order valence-corrected chi connectivity index (χ2v) is 7.32. The number of carbonyl (C=O) groups excluding carboxylic acids is 1. The van der Waals surface area contributed by atoms with Crippen molar-refractivity contribution in [3.63, 3.8) is 0 Å². The number of rotatable bonds is 5. The summed E-state index contributed by atoms with van der Waals surface area (Å²) in [5.41, 5.74) is 2.83. The minimum atomic E-state index is -0.235. The van der Waals surface area contributed by atoms with Gasteiger partial charge in [0.15, 0.2) is 5.82 Å². The van der Waals surface area contributed by atoms with Gasteiger partial charge in [-0.05, 0) is 36.6 Å². The molecule has 3 heterocycles. The number of benzene rings is 2. The lowest BCUT2D eigenvalue weighted by atomic mass is 10.1. The largest absolute Gasteiger partial charge is 0.350 e. The zero-order chi connectivity index (χ0) is 20.3. The van der Waals surface area contributed by atoms with E-state index in [4.69, 9.17) is 0 Å². The third-order valence-electron chi connectivity index (χ3n) is 5.43. The van der Waals surface area contributed by atoms with Crippen molar-refractivity contribution in [1.29, 1.82) is 0 Å². The third-order valence-corrected chi connectivity index (χ3v) is 5.43. The minimum absolute atomic E-state index is 0.0141. The van der Waals surface area contributed by atoms with E-state index in [1.807, 2.05) is 48.5 Å². The molecule has 8 heteroatoms. The van der Waals surface area contributed by atoms with E-state index in [2.05, 4.69) is 35.4 Å². The minimum Gasteiger partial charge on any atom is -0.350 e. The molecule has 1 fully saturated rings. The Morgan fingerprint density at radius 1 is 1.10 bits per heavy atom. The van der Waals surface area contributed by atoms with Crippen LogP contribution < -0.4 is 10.2 Å². The van der Waals surface area contributed by atoms with Crippen molar-refractivity contribution < 1.29 is 4.79 Å². The maximum atomic E-state index is 13.0. The Bertz CT molecular complexity index is 1170. The standard InChI is InChI=1S/C22H21N7O/c30-22(23-12-15-5-3-6-16(11-15)20-25-14-27-28-20)19-9-4-10-29(19)21-17-7-1-2-8-18(17)24-13-26-21/h1-3,5-8,11,13-14,19H,4,9-10,12H2,(H,23,30)(H,25,27,28)/t19-/m0/s1. The molecule has 1 saturated heterocycles. The van der Waals surface area contributed by atoms with E-state index in [1.54, 1.807) is 6.33 Å². The van der Waals surface area contributed by atoms with Gasteiger partial charge in [0, 0.05) is 24.0 Å². The van der Waals surface area contributed by atoms with Crippen LogP contribution in [0.4, 0.5) is 5.82 Å². The molecule has 0 aliphatic carbocycles. The summed E-state index contributed by atoms with van der Waals surface area (Å²) >= 11 is 0. The number of aromatic nitrogens is 5. The number of H-pyrrole nitrogens is 1. The SMILES string of the molecule is O=C(NCc1cccc(-c2ncn[nH]2)c1)[C@@H]1CCCN1c1ncnc2ccccc12. The lowest BCUT2D eigenvalue weighted by Gasteiger charge is -2.25. The number of hydrogen-bond donors (Lipinski definition) is 2. The van der Waals surface area contributed by atoms with Gasteiger partial charge in [-0.25, -0.2) is 15.0 Å². The number of nitrogens with one attached hydrogen (secondary N) is 2. The molecule has 2 aromatic heterocycles. The fourth-order valence-electron chi connectivity index (χ4n) is 3.99. The predicted octanol–water partition coefficient (Wildman–Crippen LogP) is 2.70. The second kappa shape index (κ2) is 7.90. The average Bonchev–Trinajstić information content (AvgIpc) is 3.50. The summed E-state index contributed by atoms with van der Waals surface area (Å²) in [6, 6.07) is 15.6. The highest BCUT2D eigenvalue weighted by atomic mass is 16.2. The Kier molecular flexibility index (Phi) is 4.80. The number of aromatic amines is 1. The topological polar surface area (TPSA) is 99.7 Å². The van der Waals surface area contributed by atoms with Crippen LogP contribution in [0.1, 0.15) is 18.4 Å². The van der Waals surface area contributed by atoms with Crippen LogP contribution in [0.2, 0.25) is 0 Å². The Morgan fingerprint density at radius 3 is 2.93 bits per heavy atom. The molecule has 1 aliphatic heterocycles. The summed E-state index contributed by atoms with van der Waals surface area (Å²) in [6.07, 6.45) is 4.81. The van der Waals surface area contributed by atoms with Crippen LogP contribution in [0.25, 0.3) is 22.3 Å². The molecule has 1 atom stereocenters. The van der Waals surface area contributed by atoms with Gasteiger partial charge in [-0.1, -0.05) is 30.3 Å². The van der Waals surface area contributed by atoms with Crippen LogP contribution in [-0.2, 0) is 11.3 Å². The van der Waals surface area contributed by atoms with Gasteiger partial charge < -0.3 is 10.2 Å². The number of anilines is 1. The van der Waals surface area contributed by atoms with Crippen molar-refractivity contribution in [2.24, 2.45) is 0 Å². The zero-order valence-electron chi connectivity index (χ0n) is 16.3. The van der Waals surface area contributed by atoms with E-state index < -0.39 is 0 Å². The summed E-state index contributed by atoms with van der Waals surface area (Å²) in [4.78, 5) is 28.1. The molecular weight excluding hydrogens is 378 g/mol. The normalized spacial score (nSPS) is 16.1. The number of nitrogens with zero attached hydrogens (tertiary/aromatic N) is 5. The monoisotopic (exact) mass is 399 g/mol. The van der Waals surface area contributed by atoms with Crippen molar-refractivity contribution in [2.45, 2.75) is 25.4 Å². The van der Waals surface area contributed by atoms with Crippen LogP contribution in [0.15, 0.2) is 61.2 Å². The van der Waals surface area contributed by atoms with Gasteiger partial charge in [0.25, 0.3) is 0 Å². The lowest BCUT2D eigenvalue weighted by molar-refractivity contribution is -0.122. The van der Waals surface area contributed by atoms with E-state index >= 15 is 0 Å². The van der Waals surface area contributed by atoms with E-state index in [0.29, 0.717) is 12.4 Å². The van der Waals surface area contributed by atoms with Gasteiger partial charge in [0.2, 0.25) is 5.91 Å². The maximum absolute atomic E-state index is 13.0. The molecule has 0 radical (unpaired) electrons. The molecule has 0 saturated carbocycles.